The second kappa shape index (κ2) is 6.11. The molecular weight excluding hydrogens is 238 g/mol. The fraction of sp³-hybridized carbons (Fsp3) is 0.200. The summed E-state index contributed by atoms with van der Waals surface area (Å²) in [4.78, 5) is 16.1. The summed E-state index contributed by atoms with van der Waals surface area (Å²) in [6, 6.07) is 11.4. The number of pyridine rings is 1. The van der Waals surface area contributed by atoms with E-state index in [9.17, 15) is 4.79 Å². The lowest BCUT2D eigenvalue weighted by atomic mass is 10.0. The Morgan fingerprint density at radius 1 is 1.21 bits per heavy atom. The van der Waals surface area contributed by atoms with Crippen LogP contribution in [-0.4, -0.2) is 10.9 Å². The highest BCUT2D eigenvalue weighted by Crippen LogP contribution is 2.11. The number of nitrogens with zero attached hydrogens (tertiary/aromatic N) is 1. The van der Waals surface area contributed by atoms with E-state index in [0.29, 0.717) is 18.7 Å². The van der Waals surface area contributed by atoms with Crippen LogP contribution in [0.25, 0.3) is 0 Å². The van der Waals surface area contributed by atoms with Crippen molar-refractivity contribution in [1.82, 2.24) is 4.98 Å². The van der Waals surface area contributed by atoms with Gasteiger partial charge in [-0.25, -0.2) is 0 Å². The maximum absolute atomic E-state index is 12.0. The lowest BCUT2D eigenvalue weighted by Gasteiger charge is -2.08. The topological polar surface area (TPSA) is 68.0 Å². The predicted octanol–water partition coefficient (Wildman–Crippen LogP) is 2.03. The van der Waals surface area contributed by atoms with Crippen molar-refractivity contribution in [3.63, 3.8) is 0 Å². The second-order valence-electron chi connectivity index (χ2n) is 4.39. The molecule has 0 saturated heterocycles. The molecule has 0 saturated carbocycles. The highest BCUT2D eigenvalue weighted by atomic mass is 16.1. The summed E-state index contributed by atoms with van der Waals surface area (Å²) >= 11 is 0. The lowest BCUT2D eigenvalue weighted by Crippen LogP contribution is -2.16. The van der Waals surface area contributed by atoms with Crippen molar-refractivity contribution >= 4 is 11.6 Å². The van der Waals surface area contributed by atoms with Crippen LogP contribution in [-0.2, 0) is 17.8 Å². The summed E-state index contributed by atoms with van der Waals surface area (Å²) in [5.74, 6) is -0.0634. The minimum Gasteiger partial charge on any atom is -0.326 e. The quantitative estimate of drug-likeness (QED) is 0.878. The minimum absolute atomic E-state index is 0.0634. The predicted molar refractivity (Wildman–Crippen MR) is 75.6 cm³/mol. The van der Waals surface area contributed by atoms with E-state index in [0.717, 1.165) is 16.8 Å². The first-order valence-electron chi connectivity index (χ1n) is 6.18. The molecule has 0 aliphatic rings. The fourth-order valence-corrected chi connectivity index (χ4v) is 1.85. The first-order valence-corrected chi connectivity index (χ1v) is 6.18. The van der Waals surface area contributed by atoms with Gasteiger partial charge in [-0.3, -0.25) is 9.78 Å². The van der Waals surface area contributed by atoms with E-state index in [1.54, 1.807) is 6.20 Å². The first kappa shape index (κ1) is 13.2. The van der Waals surface area contributed by atoms with E-state index in [4.69, 9.17) is 5.73 Å². The summed E-state index contributed by atoms with van der Waals surface area (Å²) in [6.45, 7) is 2.35. The van der Waals surface area contributed by atoms with E-state index in [2.05, 4.69) is 10.3 Å². The van der Waals surface area contributed by atoms with Crippen LogP contribution in [0.3, 0.4) is 0 Å². The zero-order chi connectivity index (χ0) is 13.7. The lowest BCUT2D eigenvalue weighted by molar-refractivity contribution is -0.115. The summed E-state index contributed by atoms with van der Waals surface area (Å²) in [5, 5.41) is 2.83. The Bertz CT molecular complexity index is 564. The molecule has 19 heavy (non-hydrogen) atoms. The maximum Gasteiger partial charge on any atom is 0.228 e. The number of nitrogens with two attached hydrogens (primary N) is 1. The van der Waals surface area contributed by atoms with Gasteiger partial charge >= 0.3 is 0 Å². The van der Waals surface area contributed by atoms with Crippen molar-refractivity contribution < 1.29 is 4.79 Å². The second-order valence-corrected chi connectivity index (χ2v) is 4.39. The highest BCUT2D eigenvalue weighted by Gasteiger charge is 2.07. The Kier molecular flexibility index (Phi) is 4.26. The molecule has 1 amide bonds. The van der Waals surface area contributed by atoms with Gasteiger partial charge in [-0.1, -0.05) is 24.3 Å². The molecule has 0 fully saturated rings. The Morgan fingerprint density at radius 3 is 2.58 bits per heavy atom. The van der Waals surface area contributed by atoms with Crippen molar-refractivity contribution in [2.24, 2.45) is 5.73 Å². The zero-order valence-corrected chi connectivity index (χ0v) is 10.9. The molecule has 2 rings (SSSR count). The Hall–Kier alpha value is -2.20. The molecular formula is C15H17N3O. The first-order chi connectivity index (χ1) is 9.19. The number of aryl methyl sites for hydroxylation is 1. The number of benzene rings is 1. The Balaban J connectivity index is 2.03. The van der Waals surface area contributed by atoms with Crippen LogP contribution in [0.2, 0.25) is 0 Å². The van der Waals surface area contributed by atoms with Crippen LogP contribution in [0.1, 0.15) is 16.8 Å². The van der Waals surface area contributed by atoms with Gasteiger partial charge in [0.2, 0.25) is 5.91 Å². The Labute approximate surface area is 112 Å². The summed E-state index contributed by atoms with van der Waals surface area (Å²) in [7, 11) is 0. The van der Waals surface area contributed by atoms with Gasteiger partial charge in [-0.05, 0) is 30.2 Å². The van der Waals surface area contributed by atoms with Crippen LogP contribution in [0, 0.1) is 6.92 Å². The minimum atomic E-state index is -0.0634. The summed E-state index contributed by atoms with van der Waals surface area (Å²) in [5.41, 5.74) is 9.25. The molecule has 4 nitrogen and oxygen atoms in total. The third kappa shape index (κ3) is 3.63. The average molecular weight is 255 g/mol. The van der Waals surface area contributed by atoms with Gasteiger partial charge in [0.05, 0.1) is 18.3 Å². The highest BCUT2D eigenvalue weighted by molar-refractivity contribution is 5.92. The molecule has 0 aliphatic heterocycles. The standard InChI is InChI=1S/C15H17N3O/c1-11-6-7-14(10-17-11)18-15(19)8-12-4-2-3-5-13(12)9-16/h2-7,10H,8-9,16H2,1H3,(H,18,19). The van der Waals surface area contributed by atoms with Crippen molar-refractivity contribution in [1.29, 1.82) is 0 Å². The monoisotopic (exact) mass is 255 g/mol. The van der Waals surface area contributed by atoms with Gasteiger partial charge < -0.3 is 11.1 Å². The van der Waals surface area contributed by atoms with Crippen molar-refractivity contribution in [3.05, 3.63) is 59.4 Å². The molecule has 0 atom stereocenters. The fourth-order valence-electron chi connectivity index (χ4n) is 1.85. The molecule has 4 heteroatoms. The summed E-state index contributed by atoms with van der Waals surface area (Å²) in [6.07, 6.45) is 1.98. The summed E-state index contributed by atoms with van der Waals surface area (Å²) < 4.78 is 0. The smallest absolute Gasteiger partial charge is 0.228 e. The van der Waals surface area contributed by atoms with Gasteiger partial charge in [0.1, 0.15) is 0 Å². The molecule has 1 heterocycles. The SMILES string of the molecule is Cc1ccc(NC(=O)Cc2ccccc2CN)cn1. The third-order valence-electron chi connectivity index (χ3n) is 2.88. The number of amides is 1. The number of anilines is 1. The normalized spacial score (nSPS) is 10.2. The van der Waals surface area contributed by atoms with E-state index in [-0.39, 0.29) is 5.91 Å². The number of aromatic nitrogens is 1. The van der Waals surface area contributed by atoms with E-state index < -0.39 is 0 Å². The van der Waals surface area contributed by atoms with Crippen LogP contribution in [0.15, 0.2) is 42.6 Å². The molecule has 0 unspecified atom stereocenters. The molecule has 2 aromatic rings. The van der Waals surface area contributed by atoms with E-state index >= 15 is 0 Å². The number of carbonyl (C=O) groups is 1. The Morgan fingerprint density at radius 2 is 1.95 bits per heavy atom. The van der Waals surface area contributed by atoms with Gasteiger partial charge in [-0.15, -0.1) is 0 Å². The third-order valence-corrected chi connectivity index (χ3v) is 2.88. The van der Waals surface area contributed by atoms with Crippen LogP contribution in [0.5, 0.6) is 0 Å². The molecule has 0 spiro atoms. The molecule has 3 N–H and O–H groups in total. The van der Waals surface area contributed by atoms with Crippen LogP contribution in [0.4, 0.5) is 5.69 Å². The van der Waals surface area contributed by atoms with Gasteiger partial charge in [-0.2, -0.15) is 0 Å². The van der Waals surface area contributed by atoms with Gasteiger partial charge in [0.15, 0.2) is 0 Å². The molecule has 0 radical (unpaired) electrons. The van der Waals surface area contributed by atoms with Crippen molar-refractivity contribution in [2.45, 2.75) is 19.9 Å². The largest absolute Gasteiger partial charge is 0.326 e. The molecule has 1 aromatic heterocycles. The number of hydrogen-bond donors (Lipinski definition) is 2. The van der Waals surface area contributed by atoms with Gasteiger partial charge in [0, 0.05) is 12.2 Å². The molecule has 98 valence electrons. The number of rotatable bonds is 4. The van der Waals surface area contributed by atoms with E-state index in [1.807, 2.05) is 43.3 Å². The van der Waals surface area contributed by atoms with Crippen molar-refractivity contribution in [2.75, 3.05) is 5.32 Å². The number of nitrogens with one attached hydrogen (secondary N) is 1. The van der Waals surface area contributed by atoms with Crippen molar-refractivity contribution in [3.8, 4) is 0 Å². The molecule has 0 bridgehead atoms. The van der Waals surface area contributed by atoms with Gasteiger partial charge in [0.25, 0.3) is 0 Å². The van der Waals surface area contributed by atoms with Crippen LogP contribution >= 0.6 is 0 Å². The van der Waals surface area contributed by atoms with E-state index in [1.165, 1.54) is 0 Å². The number of hydrogen-bond acceptors (Lipinski definition) is 3. The average Bonchev–Trinajstić information content (AvgIpc) is 2.42. The van der Waals surface area contributed by atoms with Crippen LogP contribution < -0.4 is 11.1 Å². The number of carbonyl (C=O) groups excluding carboxylic acids is 1. The molecule has 1 aromatic carbocycles. The maximum atomic E-state index is 12.0. The molecule has 0 aliphatic carbocycles. The zero-order valence-electron chi connectivity index (χ0n) is 10.9.